The summed E-state index contributed by atoms with van der Waals surface area (Å²) >= 11 is 1.84. The first-order valence-corrected chi connectivity index (χ1v) is 20.2. The molecule has 3 aromatic heterocycles. The van der Waals surface area contributed by atoms with Gasteiger partial charge in [-0.25, -0.2) is 4.98 Å². The van der Waals surface area contributed by atoms with Gasteiger partial charge in [0, 0.05) is 65.2 Å². The Hall–Kier alpha value is -7.47. The second-order valence-electron chi connectivity index (χ2n) is 14.7. The molecule has 0 aliphatic heterocycles. The van der Waals surface area contributed by atoms with Crippen LogP contribution >= 0.6 is 11.3 Å². The van der Waals surface area contributed by atoms with Crippen molar-refractivity contribution in [3.05, 3.63) is 194 Å². The molecule has 9 aromatic carbocycles. The van der Waals surface area contributed by atoms with Gasteiger partial charge in [0.25, 0.3) is 0 Å². The van der Waals surface area contributed by atoms with Crippen LogP contribution in [0.15, 0.2) is 203 Å². The van der Waals surface area contributed by atoms with Crippen molar-refractivity contribution in [3.8, 4) is 33.7 Å². The monoisotopic (exact) mass is 760 g/mol. The molecule has 58 heavy (non-hydrogen) atoms. The topological polar surface area (TPSA) is 42.4 Å². The van der Waals surface area contributed by atoms with Crippen molar-refractivity contribution < 1.29 is 8.83 Å². The molecule has 0 radical (unpaired) electrons. The van der Waals surface area contributed by atoms with E-state index in [-0.39, 0.29) is 0 Å². The van der Waals surface area contributed by atoms with Crippen molar-refractivity contribution >= 4 is 92.4 Å². The third-order valence-electron chi connectivity index (χ3n) is 11.3. The number of hydrogen-bond acceptors (Lipinski definition) is 5. The number of furan rings is 1. The smallest absolute Gasteiger partial charge is 0.227 e. The lowest BCUT2D eigenvalue weighted by atomic mass is 9.98. The number of nitrogens with zero attached hydrogens (tertiary/aromatic N) is 2. The number of benzene rings is 9. The van der Waals surface area contributed by atoms with E-state index in [1.807, 2.05) is 47.7 Å². The number of hydrogen-bond donors (Lipinski definition) is 0. The van der Waals surface area contributed by atoms with Gasteiger partial charge in [0.1, 0.15) is 16.7 Å². The Bertz CT molecular complexity index is 3500. The van der Waals surface area contributed by atoms with Crippen LogP contribution in [0.5, 0.6) is 0 Å². The lowest BCUT2D eigenvalue weighted by Crippen LogP contribution is -2.09. The Morgan fingerprint density at radius 1 is 0.397 bits per heavy atom. The van der Waals surface area contributed by atoms with Crippen molar-refractivity contribution in [1.29, 1.82) is 0 Å². The van der Waals surface area contributed by atoms with Gasteiger partial charge < -0.3 is 13.7 Å². The van der Waals surface area contributed by atoms with Gasteiger partial charge in [-0.1, -0.05) is 121 Å². The lowest BCUT2D eigenvalue weighted by Gasteiger charge is -2.26. The Morgan fingerprint density at radius 2 is 1.03 bits per heavy atom. The fourth-order valence-corrected chi connectivity index (χ4v) is 9.59. The van der Waals surface area contributed by atoms with Gasteiger partial charge in [0.2, 0.25) is 5.89 Å². The zero-order valence-electron chi connectivity index (χ0n) is 31.1. The summed E-state index contributed by atoms with van der Waals surface area (Å²) in [7, 11) is 0. The second-order valence-corrected chi connectivity index (χ2v) is 15.8. The summed E-state index contributed by atoms with van der Waals surface area (Å²) in [5.41, 5.74) is 11.9. The molecule has 3 heterocycles. The number of thiophene rings is 1. The maximum Gasteiger partial charge on any atom is 0.227 e. The lowest BCUT2D eigenvalue weighted by molar-refractivity contribution is 0.620. The highest BCUT2D eigenvalue weighted by Crippen LogP contribution is 2.43. The second kappa shape index (κ2) is 13.1. The van der Waals surface area contributed by atoms with E-state index in [2.05, 4.69) is 163 Å². The number of oxazole rings is 1. The molecule has 272 valence electrons. The molecule has 0 fully saturated rings. The van der Waals surface area contributed by atoms with E-state index >= 15 is 0 Å². The molecule has 0 unspecified atom stereocenters. The molecule has 0 N–H and O–H groups in total. The summed E-state index contributed by atoms with van der Waals surface area (Å²) in [6, 6.07) is 68.8. The zero-order valence-corrected chi connectivity index (χ0v) is 31.9. The fourth-order valence-electron chi connectivity index (χ4n) is 8.51. The van der Waals surface area contributed by atoms with Gasteiger partial charge in [0.05, 0.1) is 0 Å². The Kier molecular flexibility index (Phi) is 7.37. The standard InChI is InChI=1S/C53H32N2O2S/c1-2-11-36(12-3-1)53-54-47-32-48-45(31-49(47)57-53)44-18-9-17-42(52(44)56-48)35-22-26-38(27-23-35)55(39-28-29-51-46(30-39)43-15-6-7-19-50(43)58-51)37-24-20-34(21-25-37)41-16-8-13-33-10-4-5-14-40(33)41/h1-32H. The Balaban J connectivity index is 0.952. The maximum atomic E-state index is 6.63. The molecule has 0 spiro atoms. The Labute approximate surface area is 337 Å². The quantitative estimate of drug-likeness (QED) is 0.169. The number of rotatable bonds is 6. The van der Waals surface area contributed by atoms with Gasteiger partial charge in [-0.15, -0.1) is 11.3 Å². The van der Waals surface area contributed by atoms with Crippen LogP contribution in [-0.4, -0.2) is 4.98 Å². The van der Waals surface area contributed by atoms with Crippen molar-refractivity contribution in [2.45, 2.75) is 0 Å². The molecule has 0 saturated carbocycles. The van der Waals surface area contributed by atoms with Crippen molar-refractivity contribution in [3.63, 3.8) is 0 Å². The predicted octanol–water partition coefficient (Wildman–Crippen LogP) is 15.7. The average molecular weight is 761 g/mol. The maximum absolute atomic E-state index is 6.63. The SMILES string of the molecule is c1ccc(-c2nc3cc4oc5c(-c6ccc(N(c7ccc(-c8cccc9ccccc89)cc7)c7ccc8sc9ccccc9c8c7)cc6)cccc5c4cc3o2)cc1. The zero-order chi connectivity index (χ0) is 38.2. The van der Waals surface area contributed by atoms with Crippen LogP contribution in [-0.2, 0) is 0 Å². The van der Waals surface area contributed by atoms with Crippen LogP contribution in [0.4, 0.5) is 17.1 Å². The molecule has 0 bridgehead atoms. The summed E-state index contributed by atoms with van der Waals surface area (Å²) in [5, 5.41) is 7.09. The van der Waals surface area contributed by atoms with Gasteiger partial charge in [0.15, 0.2) is 5.58 Å². The largest absolute Gasteiger partial charge is 0.455 e. The number of para-hydroxylation sites is 1. The first kappa shape index (κ1) is 32.7. The van der Waals surface area contributed by atoms with Crippen LogP contribution < -0.4 is 4.90 Å². The summed E-state index contributed by atoms with van der Waals surface area (Å²) < 4.78 is 15.4. The van der Waals surface area contributed by atoms with E-state index < -0.39 is 0 Å². The van der Waals surface area contributed by atoms with Crippen LogP contribution in [0.3, 0.4) is 0 Å². The Morgan fingerprint density at radius 3 is 1.86 bits per heavy atom. The molecule has 5 heteroatoms. The number of fused-ring (bicyclic) bond motifs is 8. The summed E-state index contributed by atoms with van der Waals surface area (Å²) in [6.45, 7) is 0. The van der Waals surface area contributed by atoms with Crippen molar-refractivity contribution in [1.82, 2.24) is 4.98 Å². The summed E-state index contributed by atoms with van der Waals surface area (Å²) in [4.78, 5) is 7.15. The van der Waals surface area contributed by atoms with Crippen LogP contribution in [0.25, 0.3) is 97.7 Å². The van der Waals surface area contributed by atoms with E-state index in [1.54, 1.807) is 0 Å². The van der Waals surface area contributed by atoms with E-state index in [0.29, 0.717) is 5.89 Å². The van der Waals surface area contributed by atoms with E-state index in [0.717, 1.165) is 66.8 Å². The van der Waals surface area contributed by atoms with Crippen molar-refractivity contribution in [2.75, 3.05) is 4.90 Å². The number of anilines is 3. The number of aromatic nitrogens is 1. The van der Waals surface area contributed by atoms with Crippen LogP contribution in [0, 0.1) is 0 Å². The van der Waals surface area contributed by atoms with E-state index in [1.165, 1.54) is 42.1 Å². The van der Waals surface area contributed by atoms with Gasteiger partial charge in [-0.3, -0.25) is 0 Å². The molecule has 4 nitrogen and oxygen atoms in total. The molecule has 0 amide bonds. The van der Waals surface area contributed by atoms with Gasteiger partial charge in [-0.05, 0) is 94.2 Å². The molecule has 0 aliphatic carbocycles. The molecule has 12 aromatic rings. The molecular weight excluding hydrogens is 729 g/mol. The summed E-state index contributed by atoms with van der Waals surface area (Å²) in [6.07, 6.45) is 0. The highest BCUT2D eigenvalue weighted by molar-refractivity contribution is 7.25. The minimum Gasteiger partial charge on any atom is -0.455 e. The first-order chi connectivity index (χ1) is 28.7. The highest BCUT2D eigenvalue weighted by Gasteiger charge is 2.19. The van der Waals surface area contributed by atoms with Gasteiger partial charge >= 0.3 is 0 Å². The van der Waals surface area contributed by atoms with Crippen molar-refractivity contribution in [2.24, 2.45) is 0 Å². The molecule has 0 saturated heterocycles. The fraction of sp³-hybridized carbons (Fsp3) is 0. The van der Waals surface area contributed by atoms with E-state index in [9.17, 15) is 0 Å². The molecular formula is C53H32N2O2S. The average Bonchev–Trinajstić information content (AvgIpc) is 3.99. The van der Waals surface area contributed by atoms with Crippen LogP contribution in [0.2, 0.25) is 0 Å². The molecule has 0 atom stereocenters. The van der Waals surface area contributed by atoms with Gasteiger partial charge in [-0.2, -0.15) is 0 Å². The van der Waals surface area contributed by atoms with Crippen LogP contribution in [0.1, 0.15) is 0 Å². The highest BCUT2D eigenvalue weighted by atomic mass is 32.1. The summed E-state index contributed by atoms with van der Waals surface area (Å²) in [5.74, 6) is 0.603. The van der Waals surface area contributed by atoms with E-state index in [4.69, 9.17) is 13.8 Å². The third kappa shape index (κ3) is 5.32. The first-order valence-electron chi connectivity index (χ1n) is 19.4. The minimum absolute atomic E-state index is 0.603. The third-order valence-corrected chi connectivity index (χ3v) is 12.5. The minimum atomic E-state index is 0.603. The molecule has 12 rings (SSSR count). The normalized spacial score (nSPS) is 11.8. The predicted molar refractivity (Wildman–Crippen MR) is 243 cm³/mol. The molecule has 0 aliphatic rings.